The number of nitrogens with one attached hydrogen (secondary N) is 1. The Kier molecular flexibility index (Phi) is 3.25. The molecular formula is C16H15N7O3. The number of hydroxylamine groups is 1. The summed E-state index contributed by atoms with van der Waals surface area (Å²) in [6.07, 6.45) is 3.84. The van der Waals surface area contributed by atoms with E-state index in [9.17, 15) is 4.79 Å². The molecule has 1 amide bonds. The molecule has 2 aliphatic heterocycles. The van der Waals surface area contributed by atoms with Gasteiger partial charge < -0.3 is 9.80 Å². The molecule has 2 N–H and O–H groups in total. The Hall–Kier alpha value is -3.27. The van der Waals surface area contributed by atoms with Crippen molar-refractivity contribution in [3.63, 3.8) is 0 Å². The van der Waals surface area contributed by atoms with Crippen LogP contribution in [-0.2, 0) is 0 Å². The Labute approximate surface area is 147 Å². The monoisotopic (exact) mass is 353 g/mol. The van der Waals surface area contributed by atoms with Gasteiger partial charge in [0.15, 0.2) is 5.52 Å². The van der Waals surface area contributed by atoms with Crippen LogP contribution in [0.1, 0.15) is 16.8 Å². The van der Waals surface area contributed by atoms with Crippen LogP contribution in [0.15, 0.2) is 35.2 Å². The summed E-state index contributed by atoms with van der Waals surface area (Å²) in [6.45, 7) is 1.62. The fourth-order valence-electron chi connectivity index (χ4n) is 3.88. The smallest absolute Gasteiger partial charge is 0.277 e. The van der Waals surface area contributed by atoms with Crippen molar-refractivity contribution in [2.24, 2.45) is 0 Å². The summed E-state index contributed by atoms with van der Waals surface area (Å²) in [6, 6.07) is 6.49. The number of piperazine rings is 1. The molecule has 0 saturated carbocycles. The van der Waals surface area contributed by atoms with Crippen LogP contribution in [0.25, 0.3) is 11.0 Å². The van der Waals surface area contributed by atoms with Gasteiger partial charge in [-0.3, -0.25) is 10.0 Å². The molecule has 10 nitrogen and oxygen atoms in total. The molecule has 3 aromatic rings. The summed E-state index contributed by atoms with van der Waals surface area (Å²) in [7, 11) is 0. The lowest BCUT2D eigenvalue weighted by atomic mass is 10.2. The van der Waals surface area contributed by atoms with E-state index in [0.29, 0.717) is 12.0 Å². The van der Waals surface area contributed by atoms with Gasteiger partial charge in [-0.1, -0.05) is 6.07 Å². The van der Waals surface area contributed by atoms with Crippen molar-refractivity contribution in [2.75, 3.05) is 22.9 Å². The molecule has 2 atom stereocenters. The Morgan fingerprint density at radius 1 is 1.15 bits per heavy atom. The predicted octanol–water partition coefficient (Wildman–Crippen LogP) is 0.599. The molecule has 4 heterocycles. The predicted molar refractivity (Wildman–Crippen MR) is 90.0 cm³/mol. The van der Waals surface area contributed by atoms with Crippen molar-refractivity contribution >= 4 is 28.6 Å². The summed E-state index contributed by atoms with van der Waals surface area (Å²) in [4.78, 5) is 24.4. The first-order valence-corrected chi connectivity index (χ1v) is 8.25. The molecule has 2 fully saturated rings. The van der Waals surface area contributed by atoms with Gasteiger partial charge in [-0.25, -0.2) is 20.1 Å². The van der Waals surface area contributed by atoms with Gasteiger partial charge in [0, 0.05) is 31.5 Å². The van der Waals surface area contributed by atoms with E-state index in [1.54, 1.807) is 5.48 Å². The third-order valence-corrected chi connectivity index (χ3v) is 5.07. The molecule has 2 saturated heterocycles. The summed E-state index contributed by atoms with van der Waals surface area (Å²) < 4.78 is 4.87. The first-order chi connectivity index (χ1) is 12.7. The maximum absolute atomic E-state index is 11.4. The number of carbonyl (C=O) groups excluding carboxylic acids is 1. The first-order valence-electron chi connectivity index (χ1n) is 8.25. The second kappa shape index (κ2) is 5.63. The molecule has 26 heavy (non-hydrogen) atoms. The highest BCUT2D eigenvalue weighted by molar-refractivity contribution is 5.92. The van der Waals surface area contributed by atoms with Crippen LogP contribution >= 0.6 is 0 Å². The normalized spacial score (nSPS) is 21.6. The number of hydrogen-bond donors (Lipinski definition) is 2. The van der Waals surface area contributed by atoms with Crippen LogP contribution in [0.2, 0.25) is 0 Å². The fraction of sp³-hybridized carbons (Fsp3) is 0.312. The largest absolute Gasteiger partial charge is 0.363 e. The standard InChI is InChI=1S/C16H15N7O3/c24-15(19-25)9-5-17-16(18-6-9)23-8-10-4-11(23)7-22(10)13-3-1-2-12-14(13)21-26-20-12/h1-3,5-6,10-11,25H,4,7-8H2,(H,19,24)/t10-,11+/m1/s1. The number of aromatic nitrogens is 4. The van der Waals surface area contributed by atoms with E-state index in [2.05, 4.69) is 30.1 Å². The zero-order valence-electron chi connectivity index (χ0n) is 13.6. The van der Waals surface area contributed by atoms with Crippen molar-refractivity contribution in [1.82, 2.24) is 25.8 Å². The first kappa shape index (κ1) is 15.0. The van der Waals surface area contributed by atoms with E-state index in [1.807, 2.05) is 18.2 Å². The van der Waals surface area contributed by atoms with E-state index in [-0.39, 0.29) is 11.6 Å². The average Bonchev–Trinajstić information content (AvgIpc) is 3.42. The number of amides is 1. The third-order valence-electron chi connectivity index (χ3n) is 5.07. The lowest BCUT2D eigenvalue weighted by Gasteiger charge is -2.35. The van der Waals surface area contributed by atoms with Gasteiger partial charge in [0.05, 0.1) is 17.3 Å². The maximum atomic E-state index is 11.4. The van der Waals surface area contributed by atoms with Gasteiger partial charge in [0.1, 0.15) is 5.52 Å². The second-order valence-electron chi connectivity index (χ2n) is 6.47. The van der Waals surface area contributed by atoms with Crippen molar-refractivity contribution in [1.29, 1.82) is 0 Å². The van der Waals surface area contributed by atoms with Gasteiger partial charge >= 0.3 is 0 Å². The zero-order valence-corrected chi connectivity index (χ0v) is 13.6. The van der Waals surface area contributed by atoms with Crippen molar-refractivity contribution in [3.05, 3.63) is 36.2 Å². The lowest BCUT2D eigenvalue weighted by molar-refractivity contribution is 0.0705. The molecule has 1 aromatic carbocycles. The summed E-state index contributed by atoms with van der Waals surface area (Å²) in [5.74, 6) is -0.0343. The number of anilines is 2. The topological polar surface area (TPSA) is 121 Å². The average molecular weight is 353 g/mol. The second-order valence-corrected chi connectivity index (χ2v) is 6.47. The summed E-state index contributed by atoms with van der Waals surface area (Å²) >= 11 is 0. The molecule has 2 aliphatic rings. The maximum Gasteiger partial charge on any atom is 0.277 e. The number of rotatable bonds is 3. The molecule has 5 rings (SSSR count). The highest BCUT2D eigenvalue weighted by Gasteiger charge is 2.45. The molecule has 0 radical (unpaired) electrons. The van der Waals surface area contributed by atoms with E-state index in [4.69, 9.17) is 9.84 Å². The van der Waals surface area contributed by atoms with Gasteiger partial charge in [-0.05, 0) is 28.9 Å². The molecule has 10 heteroatoms. The van der Waals surface area contributed by atoms with Crippen LogP contribution in [0.3, 0.4) is 0 Å². The van der Waals surface area contributed by atoms with E-state index < -0.39 is 5.91 Å². The summed E-state index contributed by atoms with van der Waals surface area (Å²) in [5, 5.41) is 16.6. The van der Waals surface area contributed by atoms with Crippen LogP contribution in [0.4, 0.5) is 11.6 Å². The Morgan fingerprint density at radius 3 is 2.65 bits per heavy atom. The van der Waals surface area contributed by atoms with Crippen LogP contribution in [-0.4, -0.2) is 56.6 Å². The summed E-state index contributed by atoms with van der Waals surface area (Å²) in [5.41, 5.74) is 4.36. The minimum Gasteiger partial charge on any atom is -0.363 e. The third kappa shape index (κ3) is 2.19. The van der Waals surface area contributed by atoms with E-state index >= 15 is 0 Å². The molecule has 0 aliphatic carbocycles. The Morgan fingerprint density at radius 2 is 1.92 bits per heavy atom. The Balaban J connectivity index is 1.37. The SMILES string of the molecule is O=C(NO)c1cnc(N2C[C@H]3C[C@H]2CN3c2cccc3nonc23)nc1. The van der Waals surface area contributed by atoms with Gasteiger partial charge in [-0.15, -0.1) is 0 Å². The van der Waals surface area contributed by atoms with Crippen molar-refractivity contribution in [2.45, 2.75) is 18.5 Å². The number of nitrogens with zero attached hydrogens (tertiary/aromatic N) is 6. The van der Waals surface area contributed by atoms with Crippen LogP contribution in [0.5, 0.6) is 0 Å². The minimum absolute atomic E-state index is 0.215. The van der Waals surface area contributed by atoms with Crippen LogP contribution < -0.4 is 15.3 Å². The molecule has 2 bridgehead atoms. The number of hydrogen-bond acceptors (Lipinski definition) is 9. The number of benzene rings is 1. The van der Waals surface area contributed by atoms with Crippen LogP contribution in [0, 0.1) is 0 Å². The van der Waals surface area contributed by atoms with E-state index in [0.717, 1.165) is 36.2 Å². The van der Waals surface area contributed by atoms with Crippen molar-refractivity contribution < 1.29 is 14.6 Å². The molecule has 0 unspecified atom stereocenters. The minimum atomic E-state index is -0.625. The van der Waals surface area contributed by atoms with Gasteiger partial charge in [0.25, 0.3) is 5.91 Å². The molecule has 2 aromatic heterocycles. The molecule has 0 spiro atoms. The fourth-order valence-corrected chi connectivity index (χ4v) is 3.88. The molecular weight excluding hydrogens is 338 g/mol. The quantitative estimate of drug-likeness (QED) is 0.515. The number of fused-ring (bicyclic) bond motifs is 3. The Bertz CT molecular complexity index is 973. The zero-order chi connectivity index (χ0) is 17.7. The van der Waals surface area contributed by atoms with E-state index in [1.165, 1.54) is 12.4 Å². The highest BCUT2D eigenvalue weighted by atomic mass is 16.6. The van der Waals surface area contributed by atoms with Gasteiger partial charge in [0.2, 0.25) is 5.95 Å². The molecule has 132 valence electrons. The van der Waals surface area contributed by atoms with Crippen molar-refractivity contribution in [3.8, 4) is 0 Å². The lowest BCUT2D eigenvalue weighted by Crippen LogP contribution is -2.47. The highest BCUT2D eigenvalue weighted by Crippen LogP contribution is 2.38. The van der Waals surface area contributed by atoms with Gasteiger partial charge in [-0.2, -0.15) is 0 Å². The number of carbonyl (C=O) groups is 1.